The molecule has 3 aliphatic heterocycles. The molecule has 4 amide bonds. The summed E-state index contributed by atoms with van der Waals surface area (Å²) in [6.45, 7) is 0.567. The highest BCUT2D eigenvalue weighted by atomic mass is 32.2. The van der Waals surface area contributed by atoms with E-state index in [1.807, 2.05) is 17.0 Å². The second kappa shape index (κ2) is 10.9. The van der Waals surface area contributed by atoms with Crippen LogP contribution in [0.5, 0.6) is 5.75 Å². The second-order valence-corrected chi connectivity index (χ2v) is 13.5. The number of nitrogens with one attached hydrogen (secondary N) is 3. The Morgan fingerprint density at radius 3 is 2.51 bits per heavy atom. The minimum atomic E-state index is -4.34. The van der Waals surface area contributed by atoms with E-state index >= 15 is 4.39 Å². The van der Waals surface area contributed by atoms with Crippen molar-refractivity contribution in [1.82, 2.24) is 24.1 Å². The predicted molar refractivity (Wildman–Crippen MR) is 166 cm³/mol. The van der Waals surface area contributed by atoms with Gasteiger partial charge < -0.3 is 10.4 Å². The van der Waals surface area contributed by atoms with Crippen LogP contribution in [0.15, 0.2) is 47.3 Å². The number of halogens is 1. The molecule has 0 spiro atoms. The molecule has 1 aromatic heterocycles. The van der Waals surface area contributed by atoms with Gasteiger partial charge in [-0.1, -0.05) is 6.07 Å². The molecule has 4 N–H and O–H groups in total. The number of aryl methyl sites for hydroxylation is 1. The van der Waals surface area contributed by atoms with Crippen LogP contribution >= 0.6 is 0 Å². The zero-order chi connectivity index (χ0) is 33.4. The highest BCUT2D eigenvalue weighted by Gasteiger charge is 2.38. The minimum Gasteiger partial charge on any atom is -0.506 e. The van der Waals surface area contributed by atoms with E-state index in [4.69, 9.17) is 0 Å². The largest absolute Gasteiger partial charge is 0.506 e. The average molecular weight is 666 g/mol. The number of amides is 4. The molecular weight excluding hydrogens is 637 g/mol. The Hall–Kier alpha value is -5.29. The first-order valence-electron chi connectivity index (χ1n) is 14.7. The fourth-order valence-electron chi connectivity index (χ4n) is 6.48. The number of carbonyl (C=O) groups excluding carboxylic acids is 4. The van der Waals surface area contributed by atoms with Gasteiger partial charge in [0.2, 0.25) is 17.7 Å². The van der Waals surface area contributed by atoms with Crippen LogP contribution in [0, 0.1) is 5.82 Å². The monoisotopic (exact) mass is 665 g/mol. The number of nitrogens with zero attached hydrogens (tertiary/aromatic N) is 4. The number of imidazole rings is 1. The third-order valence-electron chi connectivity index (χ3n) is 8.82. The van der Waals surface area contributed by atoms with Crippen molar-refractivity contribution < 1.29 is 37.1 Å². The second-order valence-electron chi connectivity index (χ2n) is 11.9. The van der Waals surface area contributed by atoms with Crippen molar-refractivity contribution >= 4 is 67.0 Å². The number of likely N-dealkylation sites (tertiary alicyclic amines) is 1. The number of benzene rings is 3. The van der Waals surface area contributed by atoms with Gasteiger partial charge in [0.05, 0.1) is 17.6 Å². The van der Waals surface area contributed by atoms with E-state index in [-0.39, 0.29) is 53.6 Å². The summed E-state index contributed by atoms with van der Waals surface area (Å²) in [4.78, 5) is 63.5. The van der Waals surface area contributed by atoms with E-state index in [0.29, 0.717) is 34.1 Å². The molecule has 3 aliphatic rings. The molecule has 17 heteroatoms. The van der Waals surface area contributed by atoms with Gasteiger partial charge in [0.1, 0.15) is 24.0 Å². The number of fused-ring (bicyclic) bond motifs is 2. The molecule has 15 nitrogen and oxygen atoms in total. The van der Waals surface area contributed by atoms with Gasteiger partial charge in [-0.05, 0) is 53.8 Å². The number of phenolic OH excluding ortho intramolecular Hbond substituents is 1. The van der Waals surface area contributed by atoms with Crippen LogP contribution in [-0.4, -0.2) is 77.4 Å². The lowest BCUT2D eigenvalue weighted by atomic mass is 9.91. The number of aromatic nitrogens is 2. The average Bonchev–Trinajstić information content (AvgIpc) is 3.39. The highest BCUT2D eigenvalue weighted by Crippen LogP contribution is 2.39. The zero-order valence-corrected chi connectivity index (χ0v) is 25.6. The molecule has 244 valence electrons. The molecule has 3 aromatic carbocycles. The van der Waals surface area contributed by atoms with Crippen molar-refractivity contribution in [3.8, 4) is 5.75 Å². The zero-order valence-electron chi connectivity index (χ0n) is 24.8. The molecule has 4 aromatic rings. The molecule has 7 rings (SSSR count). The number of carbonyl (C=O) groups is 4. The normalized spacial score (nSPS) is 20.0. The molecule has 0 saturated carbocycles. The van der Waals surface area contributed by atoms with Crippen LogP contribution < -0.4 is 25.4 Å². The molecule has 0 aliphatic carbocycles. The maximum Gasteiger partial charge on any atom is 0.329 e. The van der Waals surface area contributed by atoms with E-state index in [9.17, 15) is 37.5 Å². The molecule has 1 atom stereocenters. The van der Waals surface area contributed by atoms with Crippen LogP contribution in [0.3, 0.4) is 0 Å². The Bertz CT molecular complexity index is 2220. The van der Waals surface area contributed by atoms with Crippen LogP contribution in [0.4, 0.5) is 15.8 Å². The van der Waals surface area contributed by atoms with E-state index < -0.39 is 51.9 Å². The van der Waals surface area contributed by atoms with E-state index in [0.717, 1.165) is 11.6 Å². The molecule has 1 unspecified atom stereocenters. The summed E-state index contributed by atoms with van der Waals surface area (Å²) in [6, 6.07) is 10.2. The predicted octanol–water partition coefficient (Wildman–Crippen LogP) is 0.535. The Kier molecular flexibility index (Phi) is 7.05. The quantitative estimate of drug-likeness (QED) is 0.213. The van der Waals surface area contributed by atoms with Crippen molar-refractivity contribution in [2.45, 2.75) is 24.8 Å². The summed E-state index contributed by atoms with van der Waals surface area (Å²) in [5.74, 6) is -3.65. The summed E-state index contributed by atoms with van der Waals surface area (Å²) in [6.07, 6.45) is 0.402. The maximum atomic E-state index is 15.3. The molecule has 0 radical (unpaired) electrons. The number of anilines is 2. The molecule has 3 fully saturated rings. The van der Waals surface area contributed by atoms with Crippen molar-refractivity contribution in [3.05, 3.63) is 64.3 Å². The van der Waals surface area contributed by atoms with Crippen molar-refractivity contribution in [3.63, 3.8) is 0 Å². The van der Waals surface area contributed by atoms with Gasteiger partial charge in [-0.25, -0.2) is 18.2 Å². The van der Waals surface area contributed by atoms with Crippen molar-refractivity contribution in [1.29, 1.82) is 0 Å². The summed E-state index contributed by atoms with van der Waals surface area (Å²) >= 11 is 0. The summed E-state index contributed by atoms with van der Waals surface area (Å²) in [7, 11) is -2.71. The summed E-state index contributed by atoms with van der Waals surface area (Å²) < 4.78 is 44.8. The van der Waals surface area contributed by atoms with Crippen molar-refractivity contribution in [2.75, 3.05) is 35.8 Å². The molecule has 3 saturated heterocycles. The maximum absolute atomic E-state index is 15.3. The smallest absolute Gasteiger partial charge is 0.329 e. The van der Waals surface area contributed by atoms with Crippen LogP contribution in [0.25, 0.3) is 21.8 Å². The third-order valence-corrected chi connectivity index (χ3v) is 10.2. The van der Waals surface area contributed by atoms with Gasteiger partial charge in [-0.2, -0.15) is 8.42 Å². The SMILES string of the molecule is Cn1c(=O)n(C2CCC(=O)NC2=O)c2ccc(C3CN(CC(=O)Nc4ccc5c(F)c(N6CC(=O)NS6(=O)=O)c(O)cc5c4)C3)cc21. The summed E-state index contributed by atoms with van der Waals surface area (Å²) in [5, 5.41) is 15.7. The highest BCUT2D eigenvalue weighted by molar-refractivity contribution is 7.92. The number of hydrogen-bond donors (Lipinski definition) is 4. The fourth-order valence-corrected chi connectivity index (χ4v) is 7.64. The van der Waals surface area contributed by atoms with Gasteiger partial charge in [-0.15, -0.1) is 0 Å². The van der Waals surface area contributed by atoms with Crippen LogP contribution in [0.2, 0.25) is 0 Å². The topological polar surface area (TPSA) is 192 Å². The Labute approximate surface area is 265 Å². The Morgan fingerprint density at radius 2 is 1.81 bits per heavy atom. The molecule has 4 heterocycles. The van der Waals surface area contributed by atoms with Gasteiger partial charge in [0.15, 0.2) is 5.82 Å². The first-order valence-corrected chi connectivity index (χ1v) is 16.1. The number of aromatic hydroxyl groups is 1. The van der Waals surface area contributed by atoms with E-state index in [1.54, 1.807) is 17.8 Å². The molecule has 0 bridgehead atoms. The number of hydrogen-bond acceptors (Lipinski definition) is 9. The molecular formula is C30H28FN7O8S. The van der Waals surface area contributed by atoms with Crippen LogP contribution in [0.1, 0.15) is 30.4 Å². The van der Waals surface area contributed by atoms with Gasteiger partial charge >= 0.3 is 15.9 Å². The van der Waals surface area contributed by atoms with Gasteiger partial charge in [0, 0.05) is 43.5 Å². The standard InChI is InChI=1S/C30H28FN7O8S/c1-35-22-9-15(2-5-20(22)38(30(35)44)21-6-7-24(40)33-29(21)43)17-11-36(12-17)13-25(41)32-18-3-4-19-16(8-18)10-23(39)28(27(19)31)37-14-26(42)34-47(37,45)46/h2-5,8-10,17,21,39H,6-7,11-14H2,1H3,(H,32,41)(H,34,42)(H,33,40,43). The first-order chi connectivity index (χ1) is 22.3. The number of imide groups is 1. The Morgan fingerprint density at radius 1 is 1.04 bits per heavy atom. The summed E-state index contributed by atoms with van der Waals surface area (Å²) in [5.41, 5.74) is 1.57. The van der Waals surface area contributed by atoms with Crippen molar-refractivity contribution in [2.24, 2.45) is 7.05 Å². The molecule has 47 heavy (non-hydrogen) atoms. The van der Waals surface area contributed by atoms with E-state index in [2.05, 4.69) is 10.6 Å². The van der Waals surface area contributed by atoms with Crippen LogP contribution in [-0.2, 0) is 36.4 Å². The lowest BCUT2D eigenvalue weighted by Crippen LogP contribution is -2.48. The number of phenols is 1. The fraction of sp³-hybridized carbons (Fsp3) is 0.300. The first kappa shape index (κ1) is 30.4. The van der Waals surface area contributed by atoms with E-state index in [1.165, 1.54) is 27.3 Å². The lowest BCUT2D eigenvalue weighted by Gasteiger charge is -2.39. The lowest BCUT2D eigenvalue weighted by molar-refractivity contribution is -0.135. The van der Waals surface area contributed by atoms with Gasteiger partial charge in [-0.3, -0.25) is 38.5 Å². The Balaban J connectivity index is 1.01. The third kappa shape index (κ3) is 5.16. The minimum absolute atomic E-state index is 0.0159. The van der Waals surface area contributed by atoms with Gasteiger partial charge in [0.25, 0.3) is 5.91 Å². The number of rotatable bonds is 6. The number of piperidine rings is 1.